The Labute approximate surface area is 142 Å². The van der Waals surface area contributed by atoms with Crippen LogP contribution in [0.3, 0.4) is 0 Å². The summed E-state index contributed by atoms with van der Waals surface area (Å²) in [5, 5.41) is 2.70. The number of rotatable bonds is 5. The maximum Gasteiger partial charge on any atom is 0.419 e. The molecule has 0 bridgehead atoms. The number of para-hydroxylation sites is 2. The maximum atomic E-state index is 12.1. The summed E-state index contributed by atoms with van der Waals surface area (Å²) >= 11 is 0. The lowest BCUT2D eigenvalue weighted by molar-refractivity contribution is -0.116. The number of oxazole rings is 1. The first-order chi connectivity index (χ1) is 12.1. The van der Waals surface area contributed by atoms with Gasteiger partial charge in [-0.3, -0.25) is 9.36 Å². The van der Waals surface area contributed by atoms with Gasteiger partial charge in [0, 0.05) is 18.7 Å². The van der Waals surface area contributed by atoms with Gasteiger partial charge in [-0.25, -0.2) is 9.59 Å². The van der Waals surface area contributed by atoms with E-state index in [2.05, 4.69) is 10.1 Å². The second-order valence-corrected chi connectivity index (χ2v) is 5.36. The third-order valence-electron chi connectivity index (χ3n) is 3.70. The van der Waals surface area contributed by atoms with Crippen LogP contribution in [0.5, 0.6) is 0 Å². The number of hydrogen-bond acceptors (Lipinski definition) is 5. The van der Waals surface area contributed by atoms with E-state index < -0.39 is 11.7 Å². The highest BCUT2D eigenvalue weighted by atomic mass is 16.5. The van der Waals surface area contributed by atoms with Gasteiger partial charge in [0.2, 0.25) is 5.91 Å². The number of methoxy groups -OCH3 is 1. The molecule has 3 aromatic rings. The molecule has 7 nitrogen and oxygen atoms in total. The third kappa shape index (κ3) is 3.60. The molecule has 0 atom stereocenters. The molecule has 1 aromatic heterocycles. The Hall–Kier alpha value is -3.35. The predicted molar refractivity (Wildman–Crippen MR) is 91.5 cm³/mol. The summed E-state index contributed by atoms with van der Waals surface area (Å²) in [6.45, 7) is 0.193. The number of benzene rings is 2. The SMILES string of the molecule is COC(=O)c1cccc(NC(=O)CCn2c(=O)oc3ccccc32)c1. The van der Waals surface area contributed by atoms with Gasteiger partial charge >= 0.3 is 11.7 Å². The first-order valence-electron chi connectivity index (χ1n) is 7.65. The fourth-order valence-corrected chi connectivity index (χ4v) is 2.50. The largest absolute Gasteiger partial charge is 0.465 e. The Bertz CT molecular complexity index is 986. The van der Waals surface area contributed by atoms with Gasteiger partial charge in [0.15, 0.2) is 5.58 Å². The second-order valence-electron chi connectivity index (χ2n) is 5.36. The van der Waals surface area contributed by atoms with Crippen molar-refractivity contribution in [3.8, 4) is 0 Å². The van der Waals surface area contributed by atoms with Crippen molar-refractivity contribution in [3.63, 3.8) is 0 Å². The summed E-state index contributed by atoms with van der Waals surface area (Å²) in [4.78, 5) is 35.5. The normalized spacial score (nSPS) is 10.6. The van der Waals surface area contributed by atoms with E-state index in [1.54, 1.807) is 42.5 Å². The van der Waals surface area contributed by atoms with Crippen molar-refractivity contribution in [2.24, 2.45) is 0 Å². The van der Waals surface area contributed by atoms with Crippen LogP contribution >= 0.6 is 0 Å². The monoisotopic (exact) mass is 340 g/mol. The Morgan fingerprint density at radius 2 is 1.96 bits per heavy atom. The molecule has 0 saturated heterocycles. The minimum atomic E-state index is -0.498. The summed E-state index contributed by atoms with van der Waals surface area (Å²) in [5.74, 6) is -1.26. The molecular weight excluding hydrogens is 324 g/mol. The van der Waals surface area contributed by atoms with Gasteiger partial charge in [-0.05, 0) is 30.3 Å². The van der Waals surface area contributed by atoms with Gasteiger partial charge in [0.25, 0.3) is 0 Å². The van der Waals surface area contributed by atoms with Crippen molar-refractivity contribution in [2.75, 3.05) is 12.4 Å². The molecule has 128 valence electrons. The zero-order valence-corrected chi connectivity index (χ0v) is 13.5. The van der Waals surface area contributed by atoms with E-state index in [-0.39, 0.29) is 18.9 Å². The zero-order valence-electron chi connectivity index (χ0n) is 13.5. The standard InChI is InChI=1S/C18H16N2O5/c1-24-17(22)12-5-4-6-13(11-12)19-16(21)9-10-20-14-7-2-3-8-15(14)25-18(20)23/h2-8,11H,9-10H2,1H3,(H,19,21). The number of carbonyl (C=O) groups is 2. The smallest absolute Gasteiger partial charge is 0.419 e. The average molecular weight is 340 g/mol. The lowest BCUT2D eigenvalue weighted by atomic mass is 10.2. The molecule has 0 saturated carbocycles. The highest BCUT2D eigenvalue weighted by molar-refractivity contribution is 5.94. The van der Waals surface area contributed by atoms with Gasteiger partial charge in [0.05, 0.1) is 18.2 Å². The highest BCUT2D eigenvalue weighted by Gasteiger charge is 2.11. The van der Waals surface area contributed by atoms with Crippen LogP contribution in [0, 0.1) is 0 Å². The van der Waals surface area contributed by atoms with Crippen LogP contribution in [0.15, 0.2) is 57.7 Å². The van der Waals surface area contributed by atoms with Gasteiger partial charge in [0.1, 0.15) is 0 Å². The minimum Gasteiger partial charge on any atom is -0.465 e. The van der Waals surface area contributed by atoms with E-state index in [0.717, 1.165) is 0 Å². The fraction of sp³-hybridized carbons (Fsp3) is 0.167. The van der Waals surface area contributed by atoms with E-state index in [1.807, 2.05) is 0 Å². The number of carbonyl (C=O) groups excluding carboxylic acids is 2. The van der Waals surface area contributed by atoms with Crippen molar-refractivity contribution < 1.29 is 18.7 Å². The topological polar surface area (TPSA) is 90.5 Å². The molecule has 0 aliphatic carbocycles. The van der Waals surface area contributed by atoms with E-state index >= 15 is 0 Å². The molecule has 1 heterocycles. The van der Waals surface area contributed by atoms with E-state index in [1.165, 1.54) is 17.7 Å². The average Bonchev–Trinajstić information content (AvgIpc) is 2.94. The molecule has 2 aromatic carbocycles. The Kier molecular flexibility index (Phi) is 4.65. The van der Waals surface area contributed by atoms with Gasteiger partial charge in [-0.15, -0.1) is 0 Å². The van der Waals surface area contributed by atoms with Crippen LogP contribution in [0.2, 0.25) is 0 Å². The van der Waals surface area contributed by atoms with Crippen molar-refractivity contribution in [1.82, 2.24) is 4.57 Å². The summed E-state index contributed by atoms with van der Waals surface area (Å²) < 4.78 is 11.2. The number of amides is 1. The molecule has 1 N–H and O–H groups in total. The van der Waals surface area contributed by atoms with Crippen molar-refractivity contribution in [3.05, 3.63) is 64.6 Å². The number of hydrogen-bond donors (Lipinski definition) is 1. The maximum absolute atomic E-state index is 12.1. The fourth-order valence-electron chi connectivity index (χ4n) is 2.50. The van der Waals surface area contributed by atoms with E-state index in [4.69, 9.17) is 4.42 Å². The van der Waals surface area contributed by atoms with Crippen LogP contribution in [0.4, 0.5) is 5.69 Å². The number of esters is 1. The van der Waals surface area contributed by atoms with Crippen LogP contribution in [-0.2, 0) is 16.1 Å². The van der Waals surface area contributed by atoms with Gasteiger partial charge in [-0.2, -0.15) is 0 Å². The summed E-state index contributed by atoms with van der Waals surface area (Å²) in [5.41, 5.74) is 1.96. The molecule has 0 fully saturated rings. The lowest BCUT2D eigenvalue weighted by Crippen LogP contribution is -2.20. The van der Waals surface area contributed by atoms with Crippen molar-refractivity contribution in [1.29, 1.82) is 0 Å². The predicted octanol–water partition coefficient (Wildman–Crippen LogP) is 2.41. The number of nitrogens with one attached hydrogen (secondary N) is 1. The summed E-state index contributed by atoms with van der Waals surface area (Å²) in [6.07, 6.45) is 0.0892. The van der Waals surface area contributed by atoms with Crippen molar-refractivity contribution >= 4 is 28.7 Å². The van der Waals surface area contributed by atoms with Gasteiger partial charge < -0.3 is 14.5 Å². The molecule has 0 radical (unpaired) electrons. The third-order valence-corrected chi connectivity index (χ3v) is 3.70. The molecule has 0 aliphatic rings. The molecule has 3 rings (SSSR count). The molecule has 7 heteroatoms. The highest BCUT2D eigenvalue weighted by Crippen LogP contribution is 2.14. The zero-order chi connectivity index (χ0) is 17.8. The van der Waals surface area contributed by atoms with Crippen LogP contribution < -0.4 is 11.1 Å². The Morgan fingerprint density at radius 3 is 2.76 bits per heavy atom. The quantitative estimate of drug-likeness (QED) is 0.720. The van der Waals surface area contributed by atoms with E-state index in [0.29, 0.717) is 22.4 Å². The van der Waals surface area contributed by atoms with Crippen LogP contribution in [0.1, 0.15) is 16.8 Å². The number of aromatic nitrogens is 1. The Morgan fingerprint density at radius 1 is 1.16 bits per heavy atom. The number of nitrogens with zero attached hydrogens (tertiary/aromatic N) is 1. The molecule has 0 spiro atoms. The molecule has 25 heavy (non-hydrogen) atoms. The number of anilines is 1. The summed E-state index contributed by atoms with van der Waals surface area (Å²) in [7, 11) is 1.29. The number of aryl methyl sites for hydroxylation is 1. The molecular formula is C18H16N2O5. The minimum absolute atomic E-state index is 0.0892. The second kappa shape index (κ2) is 7.04. The van der Waals surface area contributed by atoms with Crippen molar-refractivity contribution in [2.45, 2.75) is 13.0 Å². The molecule has 0 aliphatic heterocycles. The lowest BCUT2D eigenvalue weighted by Gasteiger charge is -2.07. The molecule has 0 unspecified atom stereocenters. The summed E-state index contributed by atoms with van der Waals surface area (Å²) in [6, 6.07) is 13.5. The first kappa shape index (κ1) is 16.5. The Balaban J connectivity index is 1.68. The first-order valence-corrected chi connectivity index (χ1v) is 7.65. The van der Waals surface area contributed by atoms with Crippen LogP contribution in [-0.4, -0.2) is 23.6 Å². The van der Waals surface area contributed by atoms with Crippen LogP contribution in [0.25, 0.3) is 11.1 Å². The van der Waals surface area contributed by atoms with Gasteiger partial charge in [-0.1, -0.05) is 18.2 Å². The van der Waals surface area contributed by atoms with E-state index in [9.17, 15) is 14.4 Å². The number of fused-ring (bicyclic) bond motifs is 1. The molecule has 1 amide bonds. The number of ether oxygens (including phenoxy) is 1.